The van der Waals surface area contributed by atoms with E-state index in [0.717, 1.165) is 29.2 Å². The summed E-state index contributed by atoms with van der Waals surface area (Å²) in [6, 6.07) is 15.5. The molecule has 0 aromatic heterocycles. The molecule has 0 aliphatic carbocycles. The first kappa shape index (κ1) is 15.6. The lowest BCUT2D eigenvalue weighted by molar-refractivity contribution is 0.102. The molecule has 0 aliphatic rings. The number of nitrogens with one attached hydrogen (secondary N) is 2. The highest BCUT2D eigenvalue weighted by Crippen LogP contribution is 2.16. The molecular formula is C17H20N2OS. The van der Waals surface area contributed by atoms with Crippen LogP contribution < -0.4 is 10.6 Å². The van der Waals surface area contributed by atoms with Gasteiger partial charge in [0, 0.05) is 22.7 Å². The molecule has 2 rings (SSSR count). The zero-order valence-electron chi connectivity index (χ0n) is 12.3. The molecule has 3 nitrogen and oxygen atoms in total. The van der Waals surface area contributed by atoms with Crippen LogP contribution in [0, 0.1) is 0 Å². The van der Waals surface area contributed by atoms with Crippen LogP contribution >= 0.6 is 11.8 Å². The monoisotopic (exact) mass is 300 g/mol. The standard InChI is InChI=1S/C17H20N2OS/c1-3-18-12-13-5-4-6-15(11-13)19-17(20)14-7-9-16(21-2)10-8-14/h4-11,18H,3,12H2,1-2H3,(H,19,20). The number of carbonyl (C=O) groups excluding carboxylic acids is 1. The van der Waals surface area contributed by atoms with E-state index in [1.807, 2.05) is 54.8 Å². The van der Waals surface area contributed by atoms with Crippen molar-refractivity contribution in [3.05, 3.63) is 59.7 Å². The average Bonchev–Trinajstić information content (AvgIpc) is 2.53. The maximum atomic E-state index is 12.2. The fourth-order valence-corrected chi connectivity index (χ4v) is 2.38. The van der Waals surface area contributed by atoms with Crippen molar-refractivity contribution in [2.45, 2.75) is 18.4 Å². The Bertz CT molecular complexity index is 596. The Labute approximate surface area is 130 Å². The molecule has 4 heteroatoms. The van der Waals surface area contributed by atoms with E-state index < -0.39 is 0 Å². The molecule has 0 spiro atoms. The number of hydrogen-bond donors (Lipinski definition) is 2. The van der Waals surface area contributed by atoms with Crippen LogP contribution in [0.25, 0.3) is 0 Å². The summed E-state index contributed by atoms with van der Waals surface area (Å²) in [5.74, 6) is -0.0803. The SMILES string of the molecule is CCNCc1cccc(NC(=O)c2ccc(SC)cc2)c1. The molecule has 2 N–H and O–H groups in total. The maximum Gasteiger partial charge on any atom is 0.255 e. The second-order valence-electron chi connectivity index (χ2n) is 4.66. The summed E-state index contributed by atoms with van der Waals surface area (Å²) in [5, 5.41) is 6.21. The minimum absolute atomic E-state index is 0.0803. The first-order valence-electron chi connectivity index (χ1n) is 6.98. The van der Waals surface area contributed by atoms with Gasteiger partial charge >= 0.3 is 0 Å². The number of amides is 1. The van der Waals surface area contributed by atoms with E-state index in [9.17, 15) is 4.79 Å². The lowest BCUT2D eigenvalue weighted by Gasteiger charge is -2.08. The van der Waals surface area contributed by atoms with Crippen LogP contribution in [0.15, 0.2) is 53.4 Å². The van der Waals surface area contributed by atoms with Gasteiger partial charge in [-0.15, -0.1) is 11.8 Å². The number of hydrogen-bond acceptors (Lipinski definition) is 3. The van der Waals surface area contributed by atoms with E-state index in [2.05, 4.69) is 17.6 Å². The summed E-state index contributed by atoms with van der Waals surface area (Å²) in [5.41, 5.74) is 2.65. The van der Waals surface area contributed by atoms with Crippen LogP contribution in [0.5, 0.6) is 0 Å². The van der Waals surface area contributed by atoms with Gasteiger partial charge in [-0.2, -0.15) is 0 Å². The second kappa shape index (κ2) is 7.86. The number of anilines is 1. The summed E-state index contributed by atoms with van der Waals surface area (Å²) in [6.45, 7) is 3.81. The highest BCUT2D eigenvalue weighted by molar-refractivity contribution is 7.98. The van der Waals surface area contributed by atoms with Gasteiger partial charge in [-0.05, 0) is 54.8 Å². The Kier molecular flexibility index (Phi) is 5.84. The van der Waals surface area contributed by atoms with Gasteiger partial charge in [-0.1, -0.05) is 19.1 Å². The third-order valence-corrected chi connectivity index (χ3v) is 3.86. The number of benzene rings is 2. The summed E-state index contributed by atoms with van der Waals surface area (Å²) in [6.07, 6.45) is 2.02. The van der Waals surface area contributed by atoms with Crippen LogP contribution in [-0.2, 0) is 6.54 Å². The van der Waals surface area contributed by atoms with Crippen LogP contribution in [0.2, 0.25) is 0 Å². The normalized spacial score (nSPS) is 10.4. The minimum atomic E-state index is -0.0803. The highest BCUT2D eigenvalue weighted by atomic mass is 32.2. The Morgan fingerprint density at radius 2 is 1.90 bits per heavy atom. The van der Waals surface area contributed by atoms with Crippen LogP contribution in [0.4, 0.5) is 5.69 Å². The molecule has 0 radical (unpaired) electrons. The lowest BCUT2D eigenvalue weighted by atomic mass is 10.1. The summed E-state index contributed by atoms with van der Waals surface area (Å²) < 4.78 is 0. The molecule has 0 atom stereocenters. The first-order valence-corrected chi connectivity index (χ1v) is 8.20. The van der Waals surface area contributed by atoms with Crippen molar-refractivity contribution in [1.82, 2.24) is 5.32 Å². The predicted molar refractivity (Wildman–Crippen MR) is 90.0 cm³/mol. The van der Waals surface area contributed by atoms with E-state index in [1.54, 1.807) is 11.8 Å². The van der Waals surface area contributed by atoms with E-state index in [4.69, 9.17) is 0 Å². The van der Waals surface area contributed by atoms with Crippen molar-refractivity contribution in [2.24, 2.45) is 0 Å². The maximum absolute atomic E-state index is 12.2. The quantitative estimate of drug-likeness (QED) is 0.798. The summed E-state index contributed by atoms with van der Waals surface area (Å²) >= 11 is 1.66. The molecule has 0 saturated carbocycles. The summed E-state index contributed by atoms with van der Waals surface area (Å²) in [4.78, 5) is 13.4. The molecule has 0 unspecified atom stereocenters. The van der Waals surface area contributed by atoms with E-state index >= 15 is 0 Å². The fourth-order valence-electron chi connectivity index (χ4n) is 1.97. The molecule has 110 valence electrons. The predicted octanol–water partition coefficient (Wildman–Crippen LogP) is 3.77. The van der Waals surface area contributed by atoms with E-state index in [-0.39, 0.29) is 5.91 Å². The van der Waals surface area contributed by atoms with Gasteiger partial charge < -0.3 is 10.6 Å². The van der Waals surface area contributed by atoms with Gasteiger partial charge in [-0.3, -0.25) is 4.79 Å². The topological polar surface area (TPSA) is 41.1 Å². The van der Waals surface area contributed by atoms with Gasteiger partial charge in [0.1, 0.15) is 0 Å². The fraction of sp³-hybridized carbons (Fsp3) is 0.235. The molecule has 1 amide bonds. The second-order valence-corrected chi connectivity index (χ2v) is 5.54. The largest absolute Gasteiger partial charge is 0.322 e. The van der Waals surface area contributed by atoms with Gasteiger partial charge in [0.15, 0.2) is 0 Å². The highest BCUT2D eigenvalue weighted by Gasteiger charge is 2.06. The van der Waals surface area contributed by atoms with Crippen LogP contribution in [0.3, 0.4) is 0 Å². The number of rotatable bonds is 6. The Morgan fingerprint density at radius 1 is 1.14 bits per heavy atom. The minimum Gasteiger partial charge on any atom is -0.322 e. The number of thioether (sulfide) groups is 1. The molecule has 0 bridgehead atoms. The lowest BCUT2D eigenvalue weighted by Crippen LogP contribution is -2.14. The molecule has 21 heavy (non-hydrogen) atoms. The molecular weight excluding hydrogens is 280 g/mol. The molecule has 0 saturated heterocycles. The zero-order chi connectivity index (χ0) is 15.1. The summed E-state index contributed by atoms with van der Waals surface area (Å²) in [7, 11) is 0. The zero-order valence-corrected chi connectivity index (χ0v) is 13.2. The van der Waals surface area contributed by atoms with Crippen molar-refractivity contribution in [3.63, 3.8) is 0 Å². The van der Waals surface area contributed by atoms with Crippen molar-refractivity contribution in [3.8, 4) is 0 Å². The Balaban J connectivity index is 2.04. The Hall–Kier alpha value is -1.78. The number of carbonyl (C=O) groups is 1. The first-order chi connectivity index (χ1) is 10.2. The molecule has 2 aromatic carbocycles. The van der Waals surface area contributed by atoms with Gasteiger partial charge in [0.05, 0.1) is 0 Å². The van der Waals surface area contributed by atoms with Crippen molar-refractivity contribution in [2.75, 3.05) is 18.1 Å². The third kappa shape index (κ3) is 4.62. The molecule has 0 fully saturated rings. The van der Waals surface area contributed by atoms with Crippen molar-refractivity contribution in [1.29, 1.82) is 0 Å². The van der Waals surface area contributed by atoms with Crippen molar-refractivity contribution >= 4 is 23.4 Å². The van der Waals surface area contributed by atoms with Crippen molar-refractivity contribution < 1.29 is 4.79 Å². The molecule has 0 heterocycles. The Morgan fingerprint density at radius 3 is 2.57 bits per heavy atom. The van der Waals surface area contributed by atoms with E-state index in [0.29, 0.717) is 5.56 Å². The van der Waals surface area contributed by atoms with Gasteiger partial charge in [0.25, 0.3) is 5.91 Å². The third-order valence-electron chi connectivity index (χ3n) is 3.12. The molecule has 0 aliphatic heterocycles. The van der Waals surface area contributed by atoms with Crippen LogP contribution in [-0.4, -0.2) is 18.7 Å². The molecule has 2 aromatic rings. The van der Waals surface area contributed by atoms with Gasteiger partial charge in [-0.25, -0.2) is 0 Å². The van der Waals surface area contributed by atoms with Gasteiger partial charge in [0.2, 0.25) is 0 Å². The van der Waals surface area contributed by atoms with Crippen LogP contribution in [0.1, 0.15) is 22.8 Å². The van der Waals surface area contributed by atoms with E-state index in [1.165, 1.54) is 0 Å². The smallest absolute Gasteiger partial charge is 0.255 e. The average molecular weight is 300 g/mol.